The maximum atomic E-state index is 14.3. The normalized spacial score (nSPS) is 11.9. The lowest BCUT2D eigenvalue weighted by molar-refractivity contribution is 0.0964. The summed E-state index contributed by atoms with van der Waals surface area (Å²) in [5.41, 5.74) is 2.99. The summed E-state index contributed by atoms with van der Waals surface area (Å²) in [4.78, 5) is 18.8. The minimum atomic E-state index is -3.71. The maximum Gasteiger partial charge on any atom is 0.255 e. The molecule has 0 radical (unpaired) electrons. The van der Waals surface area contributed by atoms with E-state index in [0.29, 0.717) is 37.5 Å². The standard InChI is InChI=1S/C30H23F2N3O5S2/c1-15-12-24(30-34-26-20(32)6-5-7-22(26)40-30)41-28(15)18-13-19-23(14-21(18)35(3)42(4,37)38)39-27(25(19)29(36)33-2)16-8-10-17(31)11-9-16/h5-14H,1-4H3,(H,33,36). The summed E-state index contributed by atoms with van der Waals surface area (Å²) in [7, 11) is -0.799. The molecule has 3 heterocycles. The van der Waals surface area contributed by atoms with Gasteiger partial charge in [-0.3, -0.25) is 9.10 Å². The van der Waals surface area contributed by atoms with E-state index in [9.17, 15) is 22.0 Å². The molecule has 0 bridgehead atoms. The number of oxazole rings is 1. The zero-order valence-corrected chi connectivity index (χ0v) is 24.4. The second-order valence-corrected chi connectivity index (χ2v) is 12.8. The third-order valence-corrected chi connectivity index (χ3v) is 9.40. The highest BCUT2D eigenvalue weighted by Gasteiger charge is 2.27. The van der Waals surface area contributed by atoms with Crippen molar-refractivity contribution in [2.45, 2.75) is 6.92 Å². The van der Waals surface area contributed by atoms with Crippen LogP contribution in [0.15, 0.2) is 69.5 Å². The number of halogens is 2. The van der Waals surface area contributed by atoms with Crippen molar-refractivity contribution in [1.29, 1.82) is 0 Å². The number of fused-ring (bicyclic) bond motifs is 2. The molecule has 0 aliphatic carbocycles. The summed E-state index contributed by atoms with van der Waals surface area (Å²) in [5, 5.41) is 3.07. The molecule has 0 saturated carbocycles. The van der Waals surface area contributed by atoms with Gasteiger partial charge in [-0.05, 0) is 61.0 Å². The highest BCUT2D eigenvalue weighted by Crippen LogP contribution is 2.46. The lowest BCUT2D eigenvalue weighted by atomic mass is 10.0. The largest absolute Gasteiger partial charge is 0.455 e. The smallest absolute Gasteiger partial charge is 0.255 e. The Morgan fingerprint density at radius 3 is 2.43 bits per heavy atom. The molecule has 8 nitrogen and oxygen atoms in total. The van der Waals surface area contributed by atoms with Gasteiger partial charge in [0, 0.05) is 41.6 Å². The first kappa shape index (κ1) is 27.6. The number of benzene rings is 3. The van der Waals surface area contributed by atoms with Crippen LogP contribution in [0.4, 0.5) is 14.5 Å². The monoisotopic (exact) mass is 607 g/mol. The second kappa shape index (κ2) is 10.1. The van der Waals surface area contributed by atoms with Gasteiger partial charge in [-0.15, -0.1) is 11.3 Å². The van der Waals surface area contributed by atoms with Gasteiger partial charge in [-0.1, -0.05) is 6.07 Å². The Bertz CT molecular complexity index is 2130. The highest BCUT2D eigenvalue weighted by atomic mass is 32.2. The zero-order valence-electron chi connectivity index (χ0n) is 22.8. The van der Waals surface area contributed by atoms with E-state index in [4.69, 9.17) is 8.83 Å². The Balaban J connectivity index is 1.61. The molecule has 1 amide bonds. The van der Waals surface area contributed by atoms with Gasteiger partial charge in [0.15, 0.2) is 11.4 Å². The van der Waals surface area contributed by atoms with E-state index in [0.717, 1.165) is 16.1 Å². The molecule has 3 aromatic carbocycles. The molecule has 0 spiro atoms. The Hall–Kier alpha value is -4.55. The molecule has 0 saturated heterocycles. The zero-order chi connectivity index (χ0) is 29.9. The predicted octanol–water partition coefficient (Wildman–Crippen LogP) is 6.98. The van der Waals surface area contributed by atoms with Crippen molar-refractivity contribution in [2.75, 3.05) is 24.7 Å². The molecule has 12 heteroatoms. The number of rotatable bonds is 6. The van der Waals surface area contributed by atoms with Crippen molar-refractivity contribution in [3.8, 4) is 32.5 Å². The molecule has 1 N–H and O–H groups in total. The van der Waals surface area contributed by atoms with Crippen LogP contribution in [0.2, 0.25) is 0 Å². The van der Waals surface area contributed by atoms with Crippen LogP contribution in [-0.4, -0.2) is 39.7 Å². The minimum absolute atomic E-state index is 0.112. The minimum Gasteiger partial charge on any atom is -0.455 e. The molecule has 0 aliphatic rings. The van der Waals surface area contributed by atoms with E-state index in [1.165, 1.54) is 61.8 Å². The van der Waals surface area contributed by atoms with E-state index < -0.39 is 27.6 Å². The third kappa shape index (κ3) is 4.62. The van der Waals surface area contributed by atoms with Gasteiger partial charge < -0.3 is 14.2 Å². The van der Waals surface area contributed by atoms with Gasteiger partial charge in [-0.25, -0.2) is 22.2 Å². The molecular weight excluding hydrogens is 584 g/mol. The molecule has 0 aliphatic heterocycles. The number of hydrogen-bond donors (Lipinski definition) is 1. The van der Waals surface area contributed by atoms with Gasteiger partial charge >= 0.3 is 0 Å². The number of nitrogens with zero attached hydrogens (tertiary/aromatic N) is 2. The van der Waals surface area contributed by atoms with Crippen molar-refractivity contribution in [2.24, 2.45) is 0 Å². The molecule has 0 atom stereocenters. The molecular formula is C30H23F2N3O5S2. The van der Waals surface area contributed by atoms with Gasteiger partial charge in [0.1, 0.15) is 22.7 Å². The Labute approximate surface area is 243 Å². The summed E-state index contributed by atoms with van der Waals surface area (Å²) >= 11 is 1.29. The van der Waals surface area contributed by atoms with E-state index >= 15 is 0 Å². The lowest BCUT2D eigenvalue weighted by Gasteiger charge is -2.20. The quantitative estimate of drug-likeness (QED) is 0.219. The number of thiophene rings is 1. The number of furan rings is 1. The average Bonchev–Trinajstić information content (AvgIpc) is 3.66. The van der Waals surface area contributed by atoms with Crippen molar-refractivity contribution in [3.05, 3.63) is 83.4 Å². The third-order valence-electron chi connectivity index (χ3n) is 6.95. The highest BCUT2D eigenvalue weighted by molar-refractivity contribution is 7.92. The summed E-state index contributed by atoms with van der Waals surface area (Å²) < 4.78 is 66.5. The fraction of sp³-hybridized carbons (Fsp3) is 0.133. The lowest BCUT2D eigenvalue weighted by Crippen LogP contribution is -2.25. The van der Waals surface area contributed by atoms with E-state index in [1.807, 2.05) is 13.0 Å². The number of carbonyl (C=O) groups excluding carboxylic acids is 1. The van der Waals surface area contributed by atoms with Gasteiger partial charge in [0.25, 0.3) is 5.91 Å². The summed E-state index contributed by atoms with van der Waals surface area (Å²) in [6.07, 6.45) is 1.09. The van der Waals surface area contributed by atoms with Gasteiger partial charge in [-0.2, -0.15) is 0 Å². The summed E-state index contributed by atoms with van der Waals surface area (Å²) in [5.74, 6) is -0.938. The molecule has 3 aromatic heterocycles. The fourth-order valence-corrected chi connectivity index (χ4v) is 6.42. The fourth-order valence-electron chi connectivity index (χ4n) is 4.78. The number of aromatic nitrogens is 1. The van der Waals surface area contributed by atoms with Crippen LogP contribution in [0.1, 0.15) is 15.9 Å². The number of carbonyl (C=O) groups is 1. The van der Waals surface area contributed by atoms with Crippen LogP contribution in [0.5, 0.6) is 0 Å². The number of nitrogens with one attached hydrogen (secondary N) is 1. The first-order valence-electron chi connectivity index (χ1n) is 12.6. The van der Waals surface area contributed by atoms with Crippen LogP contribution in [0.25, 0.3) is 54.6 Å². The van der Waals surface area contributed by atoms with Crippen LogP contribution in [-0.2, 0) is 10.0 Å². The van der Waals surface area contributed by atoms with Crippen molar-refractivity contribution < 1.29 is 30.8 Å². The van der Waals surface area contributed by atoms with E-state index in [2.05, 4.69) is 10.3 Å². The molecule has 214 valence electrons. The van der Waals surface area contributed by atoms with Gasteiger partial charge in [0.2, 0.25) is 15.9 Å². The van der Waals surface area contributed by atoms with Crippen LogP contribution in [0.3, 0.4) is 0 Å². The predicted molar refractivity (Wildman–Crippen MR) is 159 cm³/mol. The topological polar surface area (TPSA) is 106 Å². The number of aryl methyl sites for hydroxylation is 1. The molecule has 6 aromatic rings. The van der Waals surface area contributed by atoms with E-state index in [-0.39, 0.29) is 28.3 Å². The number of hydrogen-bond acceptors (Lipinski definition) is 7. The summed E-state index contributed by atoms with van der Waals surface area (Å²) in [6.45, 7) is 1.85. The van der Waals surface area contributed by atoms with Crippen LogP contribution >= 0.6 is 11.3 Å². The number of sulfonamides is 1. The summed E-state index contributed by atoms with van der Waals surface area (Å²) in [6, 6.07) is 15.1. The maximum absolute atomic E-state index is 14.3. The second-order valence-electron chi connectivity index (χ2n) is 9.72. The number of anilines is 1. The molecule has 6 rings (SSSR count). The Morgan fingerprint density at radius 2 is 1.76 bits per heavy atom. The SMILES string of the molecule is CNC(=O)c1c(-c2ccc(F)cc2)oc2cc(N(C)S(C)(=O)=O)c(-c3sc(-c4nc5c(F)cccc5o4)cc3C)cc12. The van der Waals surface area contributed by atoms with Crippen LogP contribution in [0, 0.1) is 18.6 Å². The van der Waals surface area contributed by atoms with Crippen LogP contribution < -0.4 is 9.62 Å². The number of para-hydroxylation sites is 1. The molecule has 0 unspecified atom stereocenters. The first-order chi connectivity index (χ1) is 20.0. The molecule has 0 fully saturated rings. The first-order valence-corrected chi connectivity index (χ1v) is 15.3. The average molecular weight is 608 g/mol. The van der Waals surface area contributed by atoms with Gasteiger partial charge in [0.05, 0.1) is 22.4 Å². The Morgan fingerprint density at radius 1 is 1.02 bits per heavy atom. The van der Waals surface area contributed by atoms with Crippen molar-refractivity contribution in [1.82, 2.24) is 10.3 Å². The Kier molecular flexibility index (Phi) is 6.62. The van der Waals surface area contributed by atoms with E-state index in [1.54, 1.807) is 18.2 Å². The number of amides is 1. The van der Waals surface area contributed by atoms with Crippen molar-refractivity contribution >= 4 is 55.0 Å². The van der Waals surface area contributed by atoms with Crippen molar-refractivity contribution in [3.63, 3.8) is 0 Å². The molecule has 42 heavy (non-hydrogen) atoms.